The van der Waals surface area contributed by atoms with E-state index in [1.807, 2.05) is 6.07 Å². The van der Waals surface area contributed by atoms with Crippen molar-refractivity contribution in [2.24, 2.45) is 0 Å². The monoisotopic (exact) mass is 481 g/mol. The van der Waals surface area contributed by atoms with E-state index in [1.54, 1.807) is 42.5 Å². The summed E-state index contributed by atoms with van der Waals surface area (Å²) < 4.78 is 36.8. The van der Waals surface area contributed by atoms with Crippen LogP contribution in [0.1, 0.15) is 5.56 Å². The third-order valence-corrected chi connectivity index (χ3v) is 6.53. The molecule has 0 spiro atoms. The molecule has 32 heavy (non-hydrogen) atoms. The summed E-state index contributed by atoms with van der Waals surface area (Å²) in [5.41, 5.74) is 1.18. The van der Waals surface area contributed by atoms with Gasteiger partial charge in [-0.1, -0.05) is 29.8 Å². The van der Waals surface area contributed by atoms with E-state index < -0.39 is 10.0 Å². The summed E-state index contributed by atoms with van der Waals surface area (Å²) in [6.07, 6.45) is 1.15. The Bertz CT molecular complexity index is 995. The maximum absolute atomic E-state index is 12.4. The van der Waals surface area contributed by atoms with Crippen LogP contribution in [0.25, 0.3) is 0 Å². The van der Waals surface area contributed by atoms with Gasteiger partial charge in [0.15, 0.2) is 6.61 Å². The summed E-state index contributed by atoms with van der Waals surface area (Å²) in [4.78, 5) is 14.3. The Morgan fingerprint density at radius 3 is 2.50 bits per heavy atom. The molecule has 0 aromatic heterocycles. The summed E-state index contributed by atoms with van der Waals surface area (Å²) in [7, 11) is -3.53. The minimum Gasteiger partial charge on any atom is -0.484 e. The van der Waals surface area contributed by atoms with Crippen molar-refractivity contribution in [1.82, 2.24) is 10.2 Å². The van der Waals surface area contributed by atoms with E-state index in [-0.39, 0.29) is 19.1 Å². The van der Waals surface area contributed by atoms with E-state index in [2.05, 4.69) is 10.2 Å². The number of ether oxygens (including phenoxy) is 2. The molecule has 3 rings (SSSR count). The molecule has 2 aromatic rings. The van der Waals surface area contributed by atoms with E-state index in [4.69, 9.17) is 21.1 Å². The third kappa shape index (κ3) is 7.37. The number of hydrogen-bond donors (Lipinski definition) is 1. The quantitative estimate of drug-likeness (QED) is 0.559. The predicted molar refractivity (Wildman–Crippen MR) is 125 cm³/mol. The average Bonchev–Trinajstić information content (AvgIpc) is 2.77. The molecule has 1 aliphatic heterocycles. The average molecular weight is 482 g/mol. The first-order chi connectivity index (χ1) is 15.3. The summed E-state index contributed by atoms with van der Waals surface area (Å²) >= 11 is 6.19. The number of rotatable bonds is 10. The Morgan fingerprint density at radius 1 is 1.16 bits per heavy atom. The Kier molecular flexibility index (Phi) is 8.75. The molecule has 0 bridgehead atoms. The molecule has 0 radical (unpaired) electrons. The van der Waals surface area contributed by atoms with Crippen LogP contribution in [0.2, 0.25) is 5.02 Å². The molecule has 0 atom stereocenters. The van der Waals surface area contributed by atoms with Gasteiger partial charge in [0.2, 0.25) is 10.0 Å². The number of amides is 1. The number of benzene rings is 2. The molecule has 0 saturated carbocycles. The van der Waals surface area contributed by atoms with Crippen LogP contribution in [0.4, 0.5) is 5.69 Å². The van der Waals surface area contributed by atoms with Gasteiger partial charge < -0.3 is 14.8 Å². The number of anilines is 1. The summed E-state index contributed by atoms with van der Waals surface area (Å²) in [6, 6.07) is 13.7. The SMILES string of the molecule is CS(=O)(=O)N(Cc1ccccc1Cl)c1ccc(OCC(=O)NCCN2CCOCC2)cc1. The van der Waals surface area contributed by atoms with Crippen molar-refractivity contribution in [1.29, 1.82) is 0 Å². The Morgan fingerprint density at radius 2 is 1.84 bits per heavy atom. The lowest BCUT2D eigenvalue weighted by Crippen LogP contribution is -2.42. The Labute approximate surface area is 194 Å². The molecule has 1 aliphatic rings. The van der Waals surface area contributed by atoms with E-state index in [9.17, 15) is 13.2 Å². The fourth-order valence-electron chi connectivity index (χ4n) is 3.27. The van der Waals surface area contributed by atoms with Crippen LogP contribution < -0.4 is 14.4 Å². The van der Waals surface area contributed by atoms with Gasteiger partial charge in [-0.25, -0.2) is 8.42 Å². The van der Waals surface area contributed by atoms with Gasteiger partial charge in [-0.3, -0.25) is 14.0 Å². The van der Waals surface area contributed by atoms with E-state index >= 15 is 0 Å². The van der Waals surface area contributed by atoms with Crippen LogP contribution in [0.3, 0.4) is 0 Å². The minimum absolute atomic E-state index is 0.113. The third-order valence-electron chi connectivity index (χ3n) is 5.02. The van der Waals surface area contributed by atoms with Gasteiger partial charge in [0.1, 0.15) is 5.75 Å². The second-order valence-corrected chi connectivity index (χ2v) is 9.76. The van der Waals surface area contributed by atoms with Crippen LogP contribution >= 0.6 is 11.6 Å². The number of nitrogens with zero attached hydrogens (tertiary/aromatic N) is 2. The number of halogens is 1. The zero-order chi connectivity index (χ0) is 23.0. The van der Waals surface area contributed by atoms with Crippen molar-refractivity contribution in [3.05, 3.63) is 59.1 Å². The number of carbonyl (C=O) groups excluding carboxylic acids is 1. The highest BCUT2D eigenvalue weighted by Crippen LogP contribution is 2.26. The van der Waals surface area contributed by atoms with Gasteiger partial charge in [0.25, 0.3) is 5.91 Å². The number of hydrogen-bond acceptors (Lipinski definition) is 6. The number of nitrogens with one attached hydrogen (secondary N) is 1. The largest absolute Gasteiger partial charge is 0.484 e. The highest BCUT2D eigenvalue weighted by molar-refractivity contribution is 7.92. The minimum atomic E-state index is -3.53. The molecule has 0 unspecified atom stereocenters. The molecule has 1 N–H and O–H groups in total. The van der Waals surface area contributed by atoms with Gasteiger partial charge in [-0.05, 0) is 35.9 Å². The van der Waals surface area contributed by atoms with Crippen LogP contribution in [-0.4, -0.2) is 71.5 Å². The van der Waals surface area contributed by atoms with Gasteiger partial charge in [-0.2, -0.15) is 0 Å². The topological polar surface area (TPSA) is 88.2 Å². The summed E-state index contributed by atoms with van der Waals surface area (Å²) in [5.74, 6) is 0.266. The first-order valence-electron chi connectivity index (χ1n) is 10.3. The molecule has 2 aromatic carbocycles. The second kappa shape index (κ2) is 11.5. The second-order valence-electron chi connectivity index (χ2n) is 7.45. The van der Waals surface area contributed by atoms with Crippen LogP contribution in [0.15, 0.2) is 48.5 Å². The van der Waals surface area contributed by atoms with Crippen molar-refractivity contribution in [2.45, 2.75) is 6.54 Å². The summed E-state index contributed by atoms with van der Waals surface area (Å²) in [5, 5.41) is 3.34. The zero-order valence-corrected chi connectivity index (χ0v) is 19.6. The molecule has 1 amide bonds. The molecule has 10 heteroatoms. The molecule has 1 fully saturated rings. The maximum atomic E-state index is 12.4. The predicted octanol–water partition coefficient (Wildman–Crippen LogP) is 2.13. The molecular formula is C22H28ClN3O5S. The van der Waals surface area contributed by atoms with Crippen molar-refractivity contribution in [2.75, 3.05) is 56.6 Å². The van der Waals surface area contributed by atoms with Gasteiger partial charge in [0, 0.05) is 31.2 Å². The highest BCUT2D eigenvalue weighted by atomic mass is 35.5. The molecular weight excluding hydrogens is 454 g/mol. The van der Waals surface area contributed by atoms with Crippen LogP contribution in [0.5, 0.6) is 5.75 Å². The number of carbonyl (C=O) groups is 1. The fourth-order valence-corrected chi connectivity index (χ4v) is 4.34. The Balaban J connectivity index is 1.52. The van der Waals surface area contributed by atoms with Gasteiger partial charge in [0.05, 0.1) is 31.7 Å². The highest BCUT2D eigenvalue weighted by Gasteiger charge is 2.19. The molecule has 174 valence electrons. The van der Waals surface area contributed by atoms with Crippen molar-refractivity contribution >= 4 is 33.2 Å². The van der Waals surface area contributed by atoms with Crippen LogP contribution in [0, 0.1) is 0 Å². The first-order valence-corrected chi connectivity index (χ1v) is 12.6. The lowest BCUT2D eigenvalue weighted by molar-refractivity contribution is -0.123. The molecule has 0 aliphatic carbocycles. The first kappa shape index (κ1) is 24.3. The van der Waals surface area contributed by atoms with E-state index in [1.165, 1.54) is 4.31 Å². The number of sulfonamides is 1. The van der Waals surface area contributed by atoms with Crippen LogP contribution in [-0.2, 0) is 26.1 Å². The van der Waals surface area contributed by atoms with E-state index in [0.717, 1.165) is 39.1 Å². The van der Waals surface area contributed by atoms with Gasteiger partial charge >= 0.3 is 0 Å². The standard InChI is InChI=1S/C22H28ClN3O5S/c1-32(28,29)26(16-18-4-2-3-5-21(18)23)19-6-8-20(9-7-19)31-17-22(27)24-10-11-25-12-14-30-15-13-25/h2-9H,10-17H2,1H3,(H,24,27). The summed E-state index contributed by atoms with van der Waals surface area (Å²) in [6.45, 7) is 4.52. The fraction of sp³-hybridized carbons (Fsp3) is 0.409. The molecule has 1 heterocycles. The van der Waals surface area contributed by atoms with Gasteiger partial charge in [-0.15, -0.1) is 0 Å². The molecule has 8 nitrogen and oxygen atoms in total. The van der Waals surface area contributed by atoms with Crippen molar-refractivity contribution in [3.8, 4) is 5.75 Å². The van der Waals surface area contributed by atoms with Crippen molar-refractivity contribution in [3.63, 3.8) is 0 Å². The molecule has 1 saturated heterocycles. The Hall–Kier alpha value is -2.33. The lowest BCUT2D eigenvalue weighted by Gasteiger charge is -2.26. The smallest absolute Gasteiger partial charge is 0.257 e. The lowest BCUT2D eigenvalue weighted by atomic mass is 10.2. The van der Waals surface area contributed by atoms with Crippen molar-refractivity contribution < 1.29 is 22.7 Å². The maximum Gasteiger partial charge on any atom is 0.257 e. The zero-order valence-electron chi connectivity index (χ0n) is 18.0. The van der Waals surface area contributed by atoms with E-state index in [0.29, 0.717) is 28.6 Å². The normalized spacial score (nSPS) is 14.7. The number of morpholine rings is 1.